The minimum absolute atomic E-state index is 0.0490. The summed E-state index contributed by atoms with van der Waals surface area (Å²) in [4.78, 5) is 24.6. The molecule has 0 aliphatic heterocycles. The fourth-order valence-corrected chi connectivity index (χ4v) is 5.50. The standard InChI is InChI=1S/C19H14BrClF3N3O3S/c1-30-18(29)16-14(21)10-5-4-9(6-11(10)31-16)25-12(28)7-27-15(8-2-3-8)13(20)17(26-27)19(22,23)24/h4-6,8H,2-3,7H2,1H3,(H,25,28). The zero-order chi connectivity index (χ0) is 22.5. The highest BCUT2D eigenvalue weighted by Gasteiger charge is 2.42. The lowest BCUT2D eigenvalue weighted by atomic mass is 10.2. The lowest BCUT2D eigenvalue weighted by Gasteiger charge is -2.08. The second kappa shape index (κ2) is 8.10. The van der Waals surface area contributed by atoms with Gasteiger partial charge in [-0.3, -0.25) is 9.48 Å². The summed E-state index contributed by atoms with van der Waals surface area (Å²) >= 11 is 10.3. The summed E-state index contributed by atoms with van der Waals surface area (Å²) in [7, 11) is 1.25. The molecule has 1 aliphatic rings. The van der Waals surface area contributed by atoms with Gasteiger partial charge >= 0.3 is 12.1 Å². The van der Waals surface area contributed by atoms with Gasteiger partial charge in [0.25, 0.3) is 0 Å². The first-order chi connectivity index (χ1) is 14.6. The van der Waals surface area contributed by atoms with Crippen LogP contribution in [0.2, 0.25) is 5.02 Å². The van der Waals surface area contributed by atoms with E-state index in [1.807, 2.05) is 0 Å². The molecule has 1 fully saturated rings. The van der Waals surface area contributed by atoms with Crippen LogP contribution in [0, 0.1) is 0 Å². The van der Waals surface area contributed by atoms with Crippen molar-refractivity contribution in [3.8, 4) is 0 Å². The van der Waals surface area contributed by atoms with Crippen molar-refractivity contribution in [3.05, 3.63) is 44.0 Å². The number of hydrogen-bond donors (Lipinski definition) is 1. The number of benzene rings is 1. The number of thiophene rings is 1. The fraction of sp³-hybridized carbons (Fsp3) is 0.316. The van der Waals surface area contributed by atoms with Gasteiger partial charge in [0, 0.05) is 21.7 Å². The van der Waals surface area contributed by atoms with E-state index in [9.17, 15) is 22.8 Å². The monoisotopic (exact) mass is 535 g/mol. The van der Waals surface area contributed by atoms with E-state index in [0.29, 0.717) is 21.5 Å². The maximum Gasteiger partial charge on any atom is 0.436 e. The molecule has 1 N–H and O–H groups in total. The number of nitrogens with one attached hydrogen (secondary N) is 1. The average Bonchev–Trinajstić information content (AvgIpc) is 3.40. The molecule has 6 nitrogen and oxygen atoms in total. The van der Waals surface area contributed by atoms with Crippen LogP contribution in [0.5, 0.6) is 0 Å². The minimum Gasteiger partial charge on any atom is -0.465 e. The van der Waals surface area contributed by atoms with E-state index < -0.39 is 23.7 Å². The van der Waals surface area contributed by atoms with Crippen LogP contribution in [-0.2, 0) is 22.3 Å². The van der Waals surface area contributed by atoms with Crippen LogP contribution >= 0.6 is 38.9 Å². The number of hydrogen-bond acceptors (Lipinski definition) is 5. The van der Waals surface area contributed by atoms with Crippen molar-refractivity contribution in [3.63, 3.8) is 0 Å². The Labute approximate surface area is 191 Å². The number of esters is 1. The Morgan fingerprint density at radius 3 is 2.71 bits per heavy atom. The van der Waals surface area contributed by atoms with E-state index in [-0.39, 0.29) is 26.8 Å². The van der Waals surface area contributed by atoms with Crippen molar-refractivity contribution in [2.45, 2.75) is 31.5 Å². The first kappa shape index (κ1) is 22.1. The Hall–Kier alpha value is -2.11. The number of anilines is 1. The topological polar surface area (TPSA) is 73.2 Å². The van der Waals surface area contributed by atoms with Crippen LogP contribution in [0.25, 0.3) is 10.1 Å². The smallest absolute Gasteiger partial charge is 0.436 e. The molecular weight excluding hydrogens is 523 g/mol. The summed E-state index contributed by atoms with van der Waals surface area (Å²) in [5.41, 5.74) is -0.236. The number of nitrogens with zero attached hydrogens (tertiary/aromatic N) is 2. The van der Waals surface area contributed by atoms with Gasteiger partial charge in [-0.05, 0) is 47.0 Å². The number of carbonyl (C=O) groups excluding carboxylic acids is 2. The van der Waals surface area contributed by atoms with Gasteiger partial charge in [0.15, 0.2) is 5.69 Å². The van der Waals surface area contributed by atoms with Crippen molar-refractivity contribution >= 4 is 66.5 Å². The first-order valence-electron chi connectivity index (χ1n) is 9.03. The zero-order valence-corrected chi connectivity index (χ0v) is 19.0. The van der Waals surface area contributed by atoms with Gasteiger partial charge in [-0.1, -0.05) is 11.6 Å². The molecule has 12 heteroatoms. The highest BCUT2D eigenvalue weighted by Crippen LogP contribution is 2.47. The summed E-state index contributed by atoms with van der Waals surface area (Å²) in [6.45, 7) is -0.364. The third-order valence-electron chi connectivity index (χ3n) is 4.74. The van der Waals surface area contributed by atoms with Gasteiger partial charge in [0.1, 0.15) is 11.4 Å². The van der Waals surface area contributed by atoms with Crippen LogP contribution in [0.1, 0.15) is 39.8 Å². The van der Waals surface area contributed by atoms with Gasteiger partial charge in [-0.15, -0.1) is 11.3 Å². The molecule has 2 aromatic heterocycles. The third-order valence-corrected chi connectivity index (χ3v) is 7.16. The highest BCUT2D eigenvalue weighted by atomic mass is 79.9. The predicted molar refractivity (Wildman–Crippen MR) is 114 cm³/mol. The molecule has 0 atom stereocenters. The molecule has 1 aromatic carbocycles. The molecule has 31 heavy (non-hydrogen) atoms. The molecule has 0 unspecified atom stereocenters. The van der Waals surface area contributed by atoms with Crippen molar-refractivity contribution in [1.82, 2.24) is 9.78 Å². The molecule has 1 saturated carbocycles. The Kier molecular flexibility index (Phi) is 5.78. The number of carbonyl (C=O) groups is 2. The second-order valence-corrected chi connectivity index (χ2v) is 9.20. The number of methoxy groups -OCH3 is 1. The summed E-state index contributed by atoms with van der Waals surface area (Å²) in [6.07, 6.45) is -3.12. The lowest BCUT2D eigenvalue weighted by Crippen LogP contribution is -2.21. The molecular formula is C19H14BrClF3N3O3S. The molecule has 0 radical (unpaired) electrons. The van der Waals surface area contributed by atoms with Crippen molar-refractivity contribution in [2.24, 2.45) is 0 Å². The lowest BCUT2D eigenvalue weighted by molar-refractivity contribution is -0.142. The molecule has 0 saturated heterocycles. The average molecular weight is 537 g/mol. The fourth-order valence-electron chi connectivity index (χ4n) is 3.20. The van der Waals surface area contributed by atoms with Gasteiger partial charge < -0.3 is 10.1 Å². The minimum atomic E-state index is -4.62. The maximum absolute atomic E-state index is 13.2. The molecule has 1 aliphatic carbocycles. The summed E-state index contributed by atoms with van der Waals surface area (Å²) in [5.74, 6) is -1.14. The van der Waals surface area contributed by atoms with Gasteiger partial charge in [0.05, 0.1) is 22.3 Å². The zero-order valence-electron chi connectivity index (χ0n) is 15.8. The van der Waals surface area contributed by atoms with Crippen molar-refractivity contribution < 1.29 is 27.5 Å². The summed E-state index contributed by atoms with van der Waals surface area (Å²) < 4.78 is 46.0. The second-order valence-electron chi connectivity index (χ2n) is 6.97. The van der Waals surface area contributed by atoms with Gasteiger partial charge in [0.2, 0.25) is 5.91 Å². The van der Waals surface area contributed by atoms with E-state index in [4.69, 9.17) is 16.3 Å². The van der Waals surface area contributed by atoms with E-state index >= 15 is 0 Å². The summed E-state index contributed by atoms with van der Waals surface area (Å²) in [6, 6.07) is 4.89. The van der Waals surface area contributed by atoms with Crippen molar-refractivity contribution in [1.29, 1.82) is 0 Å². The predicted octanol–water partition coefficient (Wildman–Crippen LogP) is 5.84. The maximum atomic E-state index is 13.2. The molecule has 164 valence electrons. The third kappa shape index (κ3) is 4.31. The van der Waals surface area contributed by atoms with E-state index in [2.05, 4.69) is 26.3 Å². The number of aromatic nitrogens is 2. The quantitative estimate of drug-likeness (QED) is 0.416. The SMILES string of the molecule is COC(=O)c1sc2cc(NC(=O)Cn3nc(C(F)(F)F)c(Br)c3C3CC3)ccc2c1Cl. The van der Waals surface area contributed by atoms with E-state index in [1.54, 1.807) is 18.2 Å². The van der Waals surface area contributed by atoms with Crippen LogP contribution in [0.15, 0.2) is 22.7 Å². The molecule has 2 heterocycles. The van der Waals surface area contributed by atoms with Crippen LogP contribution < -0.4 is 5.32 Å². The largest absolute Gasteiger partial charge is 0.465 e. The van der Waals surface area contributed by atoms with Crippen LogP contribution in [-0.4, -0.2) is 28.8 Å². The number of amides is 1. The highest BCUT2D eigenvalue weighted by molar-refractivity contribution is 9.10. The number of halogens is 5. The first-order valence-corrected chi connectivity index (χ1v) is 11.0. The van der Waals surface area contributed by atoms with Gasteiger partial charge in [-0.25, -0.2) is 4.79 Å². The Morgan fingerprint density at radius 2 is 2.10 bits per heavy atom. The number of alkyl halides is 3. The van der Waals surface area contributed by atoms with Gasteiger partial charge in [-0.2, -0.15) is 18.3 Å². The molecule has 0 bridgehead atoms. The Morgan fingerprint density at radius 1 is 1.39 bits per heavy atom. The van der Waals surface area contributed by atoms with E-state index in [0.717, 1.165) is 28.9 Å². The van der Waals surface area contributed by atoms with Crippen molar-refractivity contribution in [2.75, 3.05) is 12.4 Å². The van der Waals surface area contributed by atoms with E-state index in [1.165, 1.54) is 7.11 Å². The molecule has 1 amide bonds. The van der Waals surface area contributed by atoms with Crippen LogP contribution in [0.4, 0.5) is 18.9 Å². The number of fused-ring (bicyclic) bond motifs is 1. The Bertz CT molecular complexity index is 1200. The number of ether oxygens (including phenoxy) is 1. The molecule has 3 aromatic rings. The summed E-state index contributed by atoms with van der Waals surface area (Å²) in [5, 5.41) is 7.19. The Balaban J connectivity index is 1.57. The van der Waals surface area contributed by atoms with Crippen LogP contribution in [0.3, 0.4) is 0 Å². The molecule has 0 spiro atoms. The normalized spacial score (nSPS) is 14.1. The number of rotatable bonds is 5. The molecule has 4 rings (SSSR count).